The van der Waals surface area contributed by atoms with Crippen LogP contribution in [-0.2, 0) is 0 Å². The molecule has 0 radical (unpaired) electrons. The highest BCUT2D eigenvalue weighted by atomic mass is 15.0. The highest BCUT2D eigenvalue weighted by Gasteiger charge is 2.13. The van der Waals surface area contributed by atoms with Crippen LogP contribution in [0.25, 0.3) is 56.7 Å². The zero-order valence-electron chi connectivity index (χ0n) is 19.4. The van der Waals surface area contributed by atoms with Gasteiger partial charge in [-0.2, -0.15) is 0 Å². The Morgan fingerprint density at radius 3 is 1.22 bits per heavy atom. The summed E-state index contributed by atoms with van der Waals surface area (Å²) in [6.45, 7) is 0. The van der Waals surface area contributed by atoms with Crippen molar-refractivity contribution in [3.05, 3.63) is 128 Å². The molecule has 0 unspecified atom stereocenters. The van der Waals surface area contributed by atoms with E-state index < -0.39 is 0 Å². The number of pyridine rings is 2. The normalized spacial score (nSPS) is 10.8. The Balaban J connectivity index is 1.50. The van der Waals surface area contributed by atoms with Gasteiger partial charge in [0.2, 0.25) is 0 Å². The van der Waals surface area contributed by atoms with Crippen molar-refractivity contribution >= 4 is 0 Å². The Morgan fingerprint density at radius 1 is 0.333 bits per heavy atom. The van der Waals surface area contributed by atoms with E-state index in [1.807, 2.05) is 103 Å². The highest BCUT2D eigenvalue weighted by Crippen LogP contribution is 2.29. The average molecular weight is 464 g/mol. The van der Waals surface area contributed by atoms with Gasteiger partial charge in [0, 0.05) is 40.2 Å². The second kappa shape index (κ2) is 9.68. The van der Waals surface area contributed by atoms with Crippen molar-refractivity contribution in [1.82, 2.24) is 24.9 Å². The fraction of sp³-hybridized carbons (Fsp3) is 0. The van der Waals surface area contributed by atoms with Gasteiger partial charge in [0.1, 0.15) is 0 Å². The van der Waals surface area contributed by atoms with E-state index in [-0.39, 0.29) is 0 Å². The summed E-state index contributed by atoms with van der Waals surface area (Å²) < 4.78 is 0. The molecule has 3 aromatic carbocycles. The van der Waals surface area contributed by atoms with Crippen molar-refractivity contribution in [3.8, 4) is 56.7 Å². The molecule has 5 nitrogen and oxygen atoms in total. The zero-order valence-corrected chi connectivity index (χ0v) is 19.4. The van der Waals surface area contributed by atoms with E-state index in [0.717, 1.165) is 39.2 Å². The molecule has 0 aliphatic rings. The number of benzene rings is 3. The van der Waals surface area contributed by atoms with Gasteiger partial charge in [-0.05, 0) is 36.4 Å². The van der Waals surface area contributed by atoms with E-state index in [9.17, 15) is 0 Å². The smallest absolute Gasteiger partial charge is 0.164 e. The van der Waals surface area contributed by atoms with Crippen molar-refractivity contribution in [2.24, 2.45) is 0 Å². The first-order valence-corrected chi connectivity index (χ1v) is 11.7. The van der Waals surface area contributed by atoms with Gasteiger partial charge >= 0.3 is 0 Å². The molecule has 0 atom stereocenters. The summed E-state index contributed by atoms with van der Waals surface area (Å²) in [6, 6.07) is 38.1. The van der Waals surface area contributed by atoms with Gasteiger partial charge in [0.05, 0.1) is 11.4 Å². The van der Waals surface area contributed by atoms with E-state index in [1.165, 1.54) is 0 Å². The van der Waals surface area contributed by atoms with E-state index in [0.29, 0.717) is 17.5 Å². The van der Waals surface area contributed by atoms with Crippen LogP contribution in [0.5, 0.6) is 0 Å². The summed E-state index contributed by atoms with van der Waals surface area (Å²) in [5.41, 5.74) is 6.56. The van der Waals surface area contributed by atoms with Crippen LogP contribution in [0.4, 0.5) is 0 Å². The molecule has 3 heterocycles. The molecular weight excluding hydrogens is 442 g/mol. The summed E-state index contributed by atoms with van der Waals surface area (Å²) in [7, 11) is 0. The zero-order chi connectivity index (χ0) is 24.2. The van der Waals surface area contributed by atoms with Gasteiger partial charge < -0.3 is 0 Å². The summed E-state index contributed by atoms with van der Waals surface area (Å²) in [4.78, 5) is 23.6. The molecule has 170 valence electrons. The van der Waals surface area contributed by atoms with Crippen molar-refractivity contribution < 1.29 is 0 Å². The lowest BCUT2D eigenvalue weighted by Gasteiger charge is -2.10. The molecule has 5 heteroatoms. The predicted octanol–water partition coefficient (Wildman–Crippen LogP) is 7.00. The van der Waals surface area contributed by atoms with E-state index in [4.69, 9.17) is 15.0 Å². The van der Waals surface area contributed by atoms with Crippen LogP contribution in [0.2, 0.25) is 0 Å². The lowest BCUT2D eigenvalue weighted by molar-refractivity contribution is 1.07. The summed E-state index contributed by atoms with van der Waals surface area (Å²) in [5, 5.41) is 0. The largest absolute Gasteiger partial charge is 0.256 e. The predicted molar refractivity (Wildman–Crippen MR) is 143 cm³/mol. The van der Waals surface area contributed by atoms with Crippen LogP contribution in [0.1, 0.15) is 0 Å². The maximum Gasteiger partial charge on any atom is 0.164 e. The fourth-order valence-corrected chi connectivity index (χ4v) is 4.05. The van der Waals surface area contributed by atoms with Gasteiger partial charge in [-0.3, -0.25) is 9.97 Å². The minimum Gasteiger partial charge on any atom is -0.256 e. The molecular formula is C31H21N5. The van der Waals surface area contributed by atoms with Crippen LogP contribution >= 0.6 is 0 Å². The second-order valence-corrected chi connectivity index (χ2v) is 8.26. The first kappa shape index (κ1) is 21.5. The minimum atomic E-state index is 0.611. The molecule has 0 aliphatic carbocycles. The van der Waals surface area contributed by atoms with Crippen molar-refractivity contribution in [2.75, 3.05) is 0 Å². The van der Waals surface area contributed by atoms with E-state index in [1.54, 1.807) is 12.4 Å². The standard InChI is InChI=1S/C31H21N5/c1-2-10-22(11-3-1)29-34-30(25-14-8-12-23(20-25)27-16-4-6-18-32-27)36-31(35-29)26-15-9-13-24(21-26)28-17-5-7-19-33-28/h1-21H. The highest BCUT2D eigenvalue weighted by molar-refractivity contribution is 5.73. The second-order valence-electron chi connectivity index (χ2n) is 8.26. The SMILES string of the molecule is c1ccc(-c2nc(-c3cccc(-c4ccccn4)c3)nc(-c3cccc(-c4ccccn4)c3)n2)cc1. The van der Waals surface area contributed by atoms with Crippen LogP contribution in [0, 0.1) is 0 Å². The average Bonchev–Trinajstić information content (AvgIpc) is 2.98. The summed E-state index contributed by atoms with van der Waals surface area (Å²) >= 11 is 0. The first-order chi connectivity index (χ1) is 17.8. The van der Waals surface area contributed by atoms with Crippen molar-refractivity contribution in [3.63, 3.8) is 0 Å². The molecule has 0 aliphatic heterocycles. The molecule has 6 rings (SSSR count). The molecule has 0 saturated carbocycles. The Labute approximate surface area is 209 Å². The summed E-state index contributed by atoms with van der Waals surface area (Å²) in [6.07, 6.45) is 3.59. The molecule has 3 aromatic heterocycles. The van der Waals surface area contributed by atoms with Crippen LogP contribution in [0.15, 0.2) is 128 Å². The Kier molecular flexibility index (Phi) is 5.78. The Hall–Kier alpha value is -5.03. The molecule has 0 N–H and O–H groups in total. The molecule has 6 aromatic rings. The lowest BCUT2D eigenvalue weighted by atomic mass is 10.1. The molecule has 0 saturated heterocycles. The molecule has 0 bridgehead atoms. The molecule has 0 amide bonds. The quantitative estimate of drug-likeness (QED) is 0.275. The van der Waals surface area contributed by atoms with Crippen LogP contribution in [-0.4, -0.2) is 24.9 Å². The third kappa shape index (κ3) is 4.50. The third-order valence-electron chi connectivity index (χ3n) is 5.83. The maximum absolute atomic E-state index is 4.91. The van der Waals surface area contributed by atoms with Crippen LogP contribution < -0.4 is 0 Å². The van der Waals surface area contributed by atoms with Crippen molar-refractivity contribution in [2.45, 2.75) is 0 Å². The number of hydrogen-bond acceptors (Lipinski definition) is 5. The van der Waals surface area contributed by atoms with E-state index in [2.05, 4.69) is 22.1 Å². The topological polar surface area (TPSA) is 64.5 Å². The van der Waals surface area contributed by atoms with Gasteiger partial charge in [-0.1, -0.05) is 78.9 Å². The maximum atomic E-state index is 4.91. The first-order valence-electron chi connectivity index (χ1n) is 11.7. The Morgan fingerprint density at radius 2 is 0.750 bits per heavy atom. The number of aromatic nitrogens is 5. The number of nitrogens with zero attached hydrogens (tertiary/aromatic N) is 5. The number of hydrogen-bond donors (Lipinski definition) is 0. The molecule has 36 heavy (non-hydrogen) atoms. The Bertz CT molecular complexity index is 1520. The molecule has 0 spiro atoms. The lowest BCUT2D eigenvalue weighted by Crippen LogP contribution is -2.00. The van der Waals surface area contributed by atoms with Gasteiger partial charge in [-0.15, -0.1) is 0 Å². The number of rotatable bonds is 5. The van der Waals surface area contributed by atoms with Crippen molar-refractivity contribution in [1.29, 1.82) is 0 Å². The fourth-order valence-electron chi connectivity index (χ4n) is 4.05. The van der Waals surface area contributed by atoms with E-state index >= 15 is 0 Å². The van der Waals surface area contributed by atoms with Crippen LogP contribution in [0.3, 0.4) is 0 Å². The summed E-state index contributed by atoms with van der Waals surface area (Å²) in [5.74, 6) is 1.85. The third-order valence-corrected chi connectivity index (χ3v) is 5.83. The monoisotopic (exact) mass is 463 g/mol. The minimum absolute atomic E-state index is 0.611. The van der Waals surface area contributed by atoms with Gasteiger partial charge in [-0.25, -0.2) is 15.0 Å². The molecule has 0 fully saturated rings. The van der Waals surface area contributed by atoms with Gasteiger partial charge in [0.25, 0.3) is 0 Å². The van der Waals surface area contributed by atoms with Gasteiger partial charge in [0.15, 0.2) is 17.5 Å².